The van der Waals surface area contributed by atoms with E-state index in [1.54, 1.807) is 49.6 Å². The van der Waals surface area contributed by atoms with Gasteiger partial charge in [-0.3, -0.25) is 10.6 Å². The molecular weight excluding hydrogens is 901 g/mol. The van der Waals surface area contributed by atoms with Gasteiger partial charge in [0, 0.05) is 78.5 Å². The van der Waals surface area contributed by atoms with Crippen LogP contribution in [-0.4, -0.2) is 95.6 Å². The fourth-order valence-corrected chi connectivity index (χ4v) is 13.3. The van der Waals surface area contributed by atoms with Gasteiger partial charge in [0.1, 0.15) is 53.0 Å². The Balaban J connectivity index is 1.01. The maximum Gasteiger partial charge on any atom is 0.149 e. The van der Waals surface area contributed by atoms with Crippen molar-refractivity contribution in [1.29, 1.82) is 0 Å². The summed E-state index contributed by atoms with van der Waals surface area (Å²) >= 11 is 0. The number of rotatable bonds is 11. The van der Waals surface area contributed by atoms with Gasteiger partial charge in [-0.15, -0.1) is 0 Å². The van der Waals surface area contributed by atoms with Gasteiger partial charge < -0.3 is 54.0 Å². The molecule has 3 fully saturated rings. The maximum atomic E-state index is 13.3. The summed E-state index contributed by atoms with van der Waals surface area (Å²) in [5, 5.41) is 65.8. The van der Waals surface area contributed by atoms with Crippen LogP contribution in [0.1, 0.15) is 79.4 Å². The fraction of sp³-hybridized carbons (Fsp3) is 0.448. The van der Waals surface area contributed by atoms with Gasteiger partial charge in [-0.2, -0.15) is 0 Å². The highest BCUT2D eigenvalue weighted by molar-refractivity contribution is 5.96. The van der Waals surface area contributed by atoms with E-state index < -0.39 is 41.8 Å². The Morgan fingerprint density at radius 3 is 2.55 bits per heavy atom. The van der Waals surface area contributed by atoms with Crippen molar-refractivity contribution in [3.05, 3.63) is 113 Å². The van der Waals surface area contributed by atoms with Crippen LogP contribution in [0, 0.1) is 41.4 Å². The van der Waals surface area contributed by atoms with Crippen LogP contribution in [0.5, 0.6) is 40.2 Å². The van der Waals surface area contributed by atoms with E-state index in [9.17, 15) is 25.5 Å². The largest absolute Gasteiger partial charge is 0.508 e. The minimum atomic E-state index is -1.07. The van der Waals surface area contributed by atoms with Crippen molar-refractivity contribution < 1.29 is 54.0 Å². The number of methoxy groups -OCH3 is 1. The van der Waals surface area contributed by atoms with Crippen molar-refractivity contribution in [2.24, 2.45) is 29.6 Å². The van der Waals surface area contributed by atoms with E-state index >= 15 is 0 Å². The predicted octanol–water partition coefficient (Wildman–Crippen LogP) is 7.98. The Kier molecular flexibility index (Phi) is 12.3. The standard InChI is InChI=1S/C58H62N2O11/c1-66-19-6-12-49-52(48-31-68-54-34(25-42(27-46(54)53(48)65)69-41-10-2-3-11-41)21-33-24-39(63)14-16-43(33)32-7-4-9-38(62)23-32)56-47-28-50(45-26-40(64)15-17-44(45)55(47)70-49)67-20-5-8-37-29-59-51-18-13-36-22-35(30-61)57(71-56)58(36,37)60-51/h4,7,9,13-18,23-28,35-37,41,48-49,51-53,56-57,59-65H,2-3,6,10-12,19-22,29-31H2,1H3/t35-,36+,37-,48-,49+,51-,52-,53-,56+,57+,58+/m1/s1. The monoisotopic (exact) mass is 962 g/mol. The minimum Gasteiger partial charge on any atom is -0.508 e. The molecule has 370 valence electrons. The third kappa shape index (κ3) is 8.23. The first kappa shape index (κ1) is 46.1. The molecule has 7 aliphatic rings. The highest BCUT2D eigenvalue weighted by Crippen LogP contribution is 2.58. The first-order valence-corrected chi connectivity index (χ1v) is 25.5. The second-order valence-electron chi connectivity index (χ2n) is 20.7. The molecule has 71 heavy (non-hydrogen) atoms. The molecule has 0 amide bonds. The molecular formula is C58H62N2O11. The van der Waals surface area contributed by atoms with Gasteiger partial charge in [0.15, 0.2) is 0 Å². The lowest BCUT2D eigenvalue weighted by molar-refractivity contribution is -0.166. The van der Waals surface area contributed by atoms with Crippen LogP contribution in [0.3, 0.4) is 0 Å². The van der Waals surface area contributed by atoms with E-state index in [2.05, 4.69) is 34.6 Å². The summed E-state index contributed by atoms with van der Waals surface area (Å²) in [4.78, 5) is 0. The zero-order valence-electron chi connectivity index (χ0n) is 39.9. The third-order valence-electron chi connectivity index (χ3n) is 16.5. The molecule has 13 heteroatoms. The number of fused-ring (bicyclic) bond motifs is 6. The fourth-order valence-electron chi connectivity index (χ4n) is 13.3. The minimum absolute atomic E-state index is 0.0309. The molecule has 12 rings (SSSR count). The van der Waals surface area contributed by atoms with Gasteiger partial charge in [0.05, 0.1) is 48.6 Å². The molecule has 0 unspecified atom stereocenters. The molecule has 5 aromatic rings. The van der Waals surface area contributed by atoms with Crippen LogP contribution in [0.2, 0.25) is 0 Å². The van der Waals surface area contributed by atoms with E-state index in [1.165, 1.54) is 0 Å². The molecule has 7 N–H and O–H groups in total. The molecule has 0 aromatic heterocycles. The van der Waals surface area contributed by atoms with Gasteiger partial charge in [0.2, 0.25) is 0 Å². The van der Waals surface area contributed by atoms with E-state index in [4.69, 9.17) is 28.4 Å². The van der Waals surface area contributed by atoms with Gasteiger partial charge >= 0.3 is 0 Å². The number of aliphatic hydroxyl groups is 2. The summed E-state index contributed by atoms with van der Waals surface area (Å²) in [7, 11) is 1.69. The lowest BCUT2D eigenvalue weighted by Gasteiger charge is -2.54. The molecule has 0 radical (unpaired) electrons. The van der Waals surface area contributed by atoms with Crippen molar-refractivity contribution in [3.63, 3.8) is 0 Å². The van der Waals surface area contributed by atoms with Crippen molar-refractivity contribution in [2.75, 3.05) is 40.1 Å². The van der Waals surface area contributed by atoms with Crippen LogP contribution in [-0.2, 0) is 15.9 Å². The number of ether oxygens (including phenoxy) is 6. The summed E-state index contributed by atoms with van der Waals surface area (Å²) in [6.07, 6.45) is 7.92. The van der Waals surface area contributed by atoms with Gasteiger partial charge in [0.25, 0.3) is 0 Å². The van der Waals surface area contributed by atoms with Crippen LogP contribution < -0.4 is 29.6 Å². The third-order valence-corrected chi connectivity index (χ3v) is 16.5. The van der Waals surface area contributed by atoms with Crippen molar-refractivity contribution >= 4 is 10.8 Å². The first-order valence-electron chi connectivity index (χ1n) is 25.5. The van der Waals surface area contributed by atoms with Gasteiger partial charge in [-0.25, -0.2) is 0 Å². The quantitative estimate of drug-likeness (QED) is 0.0385. The molecule has 11 atom stereocenters. The SMILES string of the molecule is COCCC[C@@H]1Oc2c3cc(c4cc(O)ccc24)OCC#C[C@@H]2CN[C@H]4C=C[C@H]5C[C@H](CO)[C@H](O[C@@H]3[C@@H]1[C@H]1COc3c(Cc6cc(O)ccc6-c6cccc(O)c6)cc(OC6CCCC6)cc3[C@H]1O)[C@@]25N4. The Labute approximate surface area is 413 Å². The van der Waals surface area contributed by atoms with Crippen molar-refractivity contribution in [1.82, 2.24) is 10.6 Å². The number of nitrogens with one attached hydrogen (secondary N) is 2. The molecule has 1 saturated heterocycles. The zero-order valence-corrected chi connectivity index (χ0v) is 39.9. The second-order valence-corrected chi connectivity index (χ2v) is 20.7. The highest BCUT2D eigenvalue weighted by atomic mass is 16.5. The molecule has 5 heterocycles. The van der Waals surface area contributed by atoms with Crippen LogP contribution >= 0.6 is 0 Å². The molecule has 13 nitrogen and oxygen atoms in total. The van der Waals surface area contributed by atoms with Gasteiger partial charge in [-0.1, -0.05) is 42.2 Å². The van der Waals surface area contributed by atoms with E-state index in [0.717, 1.165) is 58.9 Å². The average molecular weight is 963 g/mol. The van der Waals surface area contributed by atoms with Crippen molar-refractivity contribution in [3.8, 4) is 63.2 Å². The zero-order chi connectivity index (χ0) is 48.4. The van der Waals surface area contributed by atoms with E-state index in [0.29, 0.717) is 72.8 Å². The smallest absolute Gasteiger partial charge is 0.149 e. The molecule has 2 aliphatic carbocycles. The first-order chi connectivity index (χ1) is 34.7. The van der Waals surface area contributed by atoms with Crippen LogP contribution in [0.15, 0.2) is 91.0 Å². The van der Waals surface area contributed by atoms with Gasteiger partial charge in [-0.05, 0) is 128 Å². The Bertz CT molecular complexity index is 2920. The number of aliphatic hydroxyl groups excluding tert-OH is 2. The van der Waals surface area contributed by atoms with E-state index in [-0.39, 0.29) is 67.1 Å². The number of hydrogen-bond acceptors (Lipinski definition) is 13. The summed E-state index contributed by atoms with van der Waals surface area (Å²) in [5.41, 5.74) is 3.96. The average Bonchev–Trinajstić information content (AvgIpc) is 3.99. The van der Waals surface area contributed by atoms with Crippen LogP contribution in [0.4, 0.5) is 0 Å². The molecule has 4 bridgehead atoms. The van der Waals surface area contributed by atoms with E-state index in [1.807, 2.05) is 36.4 Å². The Morgan fingerprint density at radius 2 is 1.70 bits per heavy atom. The lowest BCUT2D eigenvalue weighted by atomic mass is 9.69. The molecule has 2 saturated carbocycles. The maximum absolute atomic E-state index is 13.3. The molecule has 1 spiro atoms. The predicted molar refractivity (Wildman–Crippen MR) is 266 cm³/mol. The Hall–Kier alpha value is -5.98. The Morgan fingerprint density at radius 1 is 0.859 bits per heavy atom. The summed E-state index contributed by atoms with van der Waals surface area (Å²) in [6, 6.07) is 23.5. The van der Waals surface area contributed by atoms with Crippen molar-refractivity contribution in [2.45, 2.75) is 93.6 Å². The number of phenolic OH excluding ortho intramolecular Hbond substituents is 3. The molecule has 5 aromatic carbocycles. The number of aromatic hydroxyl groups is 3. The normalized spacial score (nSPS) is 30.4. The second kappa shape index (κ2) is 18.9. The number of benzene rings is 5. The number of phenols is 3. The lowest BCUT2D eigenvalue weighted by Crippen LogP contribution is -2.73. The summed E-state index contributed by atoms with van der Waals surface area (Å²) in [6.45, 7) is 1.27. The topological polar surface area (TPSA) is 181 Å². The summed E-state index contributed by atoms with van der Waals surface area (Å²) < 4.78 is 41.2. The number of hydrogen-bond donors (Lipinski definition) is 7. The van der Waals surface area contributed by atoms with Crippen LogP contribution in [0.25, 0.3) is 21.9 Å². The summed E-state index contributed by atoms with van der Waals surface area (Å²) in [5.74, 6) is 8.13. The molecule has 5 aliphatic heterocycles. The highest BCUT2D eigenvalue weighted by Gasteiger charge is 2.63.